The third kappa shape index (κ3) is 4.27. The fourth-order valence-corrected chi connectivity index (χ4v) is 2.29. The Balaban J connectivity index is 2.01. The molecule has 0 heterocycles. The third-order valence-corrected chi connectivity index (χ3v) is 3.47. The van der Waals surface area contributed by atoms with Crippen LogP contribution in [0.1, 0.15) is 24.8 Å². The van der Waals surface area contributed by atoms with Crippen molar-refractivity contribution in [2.75, 3.05) is 0 Å². The van der Waals surface area contributed by atoms with Crippen LogP contribution in [0.4, 0.5) is 5.69 Å². The number of hydrogen-bond acceptors (Lipinski definition) is 4. The first-order chi connectivity index (χ1) is 9.97. The Labute approximate surface area is 121 Å². The van der Waals surface area contributed by atoms with Gasteiger partial charge in [0, 0.05) is 17.7 Å². The van der Waals surface area contributed by atoms with Crippen molar-refractivity contribution in [2.24, 2.45) is 5.92 Å². The number of rotatable bonds is 7. The van der Waals surface area contributed by atoms with Gasteiger partial charge in [0.1, 0.15) is 0 Å². The Bertz CT molecular complexity index is 568. The SMILES string of the molecule is O=C(O)CC(NC(=O)Cc1ccccc1[N+](=O)[O-])C1CC1. The van der Waals surface area contributed by atoms with E-state index in [-0.39, 0.29) is 30.4 Å². The number of nitro groups is 1. The lowest BCUT2D eigenvalue weighted by molar-refractivity contribution is -0.385. The van der Waals surface area contributed by atoms with E-state index in [1.807, 2.05) is 0 Å². The van der Waals surface area contributed by atoms with Gasteiger partial charge < -0.3 is 10.4 Å². The summed E-state index contributed by atoms with van der Waals surface area (Å²) in [6, 6.07) is 5.65. The lowest BCUT2D eigenvalue weighted by Gasteiger charge is -2.16. The number of benzene rings is 1. The summed E-state index contributed by atoms with van der Waals surface area (Å²) < 4.78 is 0. The van der Waals surface area contributed by atoms with Crippen molar-refractivity contribution < 1.29 is 19.6 Å². The number of carboxylic acids is 1. The van der Waals surface area contributed by atoms with E-state index in [9.17, 15) is 19.7 Å². The van der Waals surface area contributed by atoms with Crippen LogP contribution in [0.2, 0.25) is 0 Å². The zero-order chi connectivity index (χ0) is 15.4. The van der Waals surface area contributed by atoms with Crippen molar-refractivity contribution in [3.8, 4) is 0 Å². The van der Waals surface area contributed by atoms with Gasteiger partial charge in [0.2, 0.25) is 5.91 Å². The molecule has 0 aromatic heterocycles. The van der Waals surface area contributed by atoms with Crippen molar-refractivity contribution in [3.05, 3.63) is 39.9 Å². The zero-order valence-corrected chi connectivity index (χ0v) is 11.3. The van der Waals surface area contributed by atoms with Gasteiger partial charge in [-0.15, -0.1) is 0 Å². The highest BCUT2D eigenvalue weighted by Gasteiger charge is 2.33. The molecule has 112 valence electrons. The number of aliphatic carboxylic acids is 1. The lowest BCUT2D eigenvalue weighted by Crippen LogP contribution is -2.39. The fraction of sp³-hybridized carbons (Fsp3) is 0.429. The van der Waals surface area contributed by atoms with Crippen LogP contribution in [-0.4, -0.2) is 27.9 Å². The van der Waals surface area contributed by atoms with E-state index in [2.05, 4.69) is 5.32 Å². The number of nitrogens with one attached hydrogen (secondary N) is 1. The van der Waals surface area contributed by atoms with E-state index >= 15 is 0 Å². The first-order valence-corrected chi connectivity index (χ1v) is 6.71. The number of carbonyl (C=O) groups is 2. The van der Waals surface area contributed by atoms with Crippen LogP contribution in [0, 0.1) is 16.0 Å². The Morgan fingerprint density at radius 2 is 2.05 bits per heavy atom. The molecule has 0 saturated heterocycles. The number of hydrogen-bond donors (Lipinski definition) is 2. The van der Waals surface area contributed by atoms with Gasteiger partial charge in [0.25, 0.3) is 5.69 Å². The largest absolute Gasteiger partial charge is 0.481 e. The molecule has 1 amide bonds. The van der Waals surface area contributed by atoms with Crippen molar-refractivity contribution in [2.45, 2.75) is 31.7 Å². The second-order valence-corrected chi connectivity index (χ2v) is 5.17. The molecule has 0 bridgehead atoms. The van der Waals surface area contributed by atoms with Crippen LogP contribution in [0.3, 0.4) is 0 Å². The third-order valence-electron chi connectivity index (χ3n) is 3.47. The molecule has 7 nitrogen and oxygen atoms in total. The fourth-order valence-electron chi connectivity index (χ4n) is 2.29. The zero-order valence-electron chi connectivity index (χ0n) is 11.3. The number of para-hydroxylation sites is 1. The molecule has 1 saturated carbocycles. The van der Waals surface area contributed by atoms with E-state index in [0.717, 1.165) is 12.8 Å². The Morgan fingerprint density at radius 3 is 2.62 bits per heavy atom. The molecule has 2 rings (SSSR count). The first kappa shape index (κ1) is 15.0. The summed E-state index contributed by atoms with van der Waals surface area (Å²) in [7, 11) is 0. The minimum atomic E-state index is -0.960. The van der Waals surface area contributed by atoms with Gasteiger partial charge >= 0.3 is 5.97 Å². The van der Waals surface area contributed by atoms with E-state index < -0.39 is 16.9 Å². The minimum absolute atomic E-state index is 0.103. The van der Waals surface area contributed by atoms with Crippen LogP contribution < -0.4 is 5.32 Å². The van der Waals surface area contributed by atoms with Crippen LogP contribution >= 0.6 is 0 Å². The number of carbonyl (C=O) groups excluding carboxylic acids is 1. The molecular formula is C14H16N2O5. The van der Waals surface area contributed by atoms with Crippen molar-refractivity contribution in [3.63, 3.8) is 0 Å². The standard InChI is InChI=1S/C14H16N2O5/c17-13(15-11(8-14(18)19)9-5-6-9)7-10-3-1-2-4-12(10)16(20)21/h1-4,9,11H,5-8H2,(H,15,17)(H,18,19). The average molecular weight is 292 g/mol. The maximum atomic E-state index is 12.0. The molecule has 1 aliphatic carbocycles. The lowest BCUT2D eigenvalue weighted by atomic mass is 10.1. The molecule has 0 radical (unpaired) electrons. The molecule has 21 heavy (non-hydrogen) atoms. The van der Waals surface area contributed by atoms with Gasteiger partial charge in [-0.1, -0.05) is 18.2 Å². The molecule has 1 fully saturated rings. The maximum absolute atomic E-state index is 12.0. The van der Waals surface area contributed by atoms with Gasteiger partial charge in [-0.25, -0.2) is 0 Å². The van der Waals surface area contributed by atoms with Gasteiger partial charge in [-0.2, -0.15) is 0 Å². The average Bonchev–Trinajstić information content (AvgIpc) is 3.21. The van der Waals surface area contributed by atoms with Crippen LogP contribution in [0.5, 0.6) is 0 Å². The molecular weight excluding hydrogens is 276 g/mol. The van der Waals surface area contributed by atoms with Gasteiger partial charge in [0.15, 0.2) is 0 Å². The number of amides is 1. The van der Waals surface area contributed by atoms with Crippen molar-refractivity contribution >= 4 is 17.6 Å². The monoisotopic (exact) mass is 292 g/mol. The Morgan fingerprint density at radius 1 is 1.38 bits per heavy atom. The number of nitro benzene ring substituents is 1. The summed E-state index contributed by atoms with van der Waals surface area (Å²) in [5.41, 5.74) is 0.221. The highest BCUT2D eigenvalue weighted by atomic mass is 16.6. The Hall–Kier alpha value is -2.44. The molecule has 0 spiro atoms. The highest BCUT2D eigenvalue weighted by molar-refractivity contribution is 5.80. The molecule has 1 aliphatic rings. The predicted octanol–water partition coefficient (Wildman–Crippen LogP) is 1.51. The molecule has 1 atom stereocenters. The first-order valence-electron chi connectivity index (χ1n) is 6.71. The number of carboxylic acid groups (broad SMARTS) is 1. The quantitative estimate of drug-likeness (QED) is 0.584. The molecule has 0 aliphatic heterocycles. The van der Waals surface area contributed by atoms with Crippen LogP contribution in [0.25, 0.3) is 0 Å². The molecule has 1 aromatic rings. The molecule has 1 aromatic carbocycles. The summed E-state index contributed by atoms with van der Waals surface area (Å²) in [4.78, 5) is 33.1. The van der Waals surface area contributed by atoms with E-state index in [0.29, 0.717) is 5.56 Å². The number of nitrogens with zero attached hydrogens (tertiary/aromatic N) is 1. The van der Waals surface area contributed by atoms with Crippen LogP contribution in [-0.2, 0) is 16.0 Å². The van der Waals surface area contributed by atoms with Crippen molar-refractivity contribution in [1.82, 2.24) is 5.32 Å². The second kappa shape index (κ2) is 6.34. The summed E-state index contributed by atoms with van der Waals surface area (Å²) >= 11 is 0. The van der Waals surface area contributed by atoms with Crippen molar-refractivity contribution in [1.29, 1.82) is 0 Å². The van der Waals surface area contributed by atoms with E-state index in [1.165, 1.54) is 18.2 Å². The van der Waals surface area contributed by atoms with Gasteiger partial charge in [0.05, 0.1) is 17.8 Å². The predicted molar refractivity (Wildman–Crippen MR) is 73.7 cm³/mol. The minimum Gasteiger partial charge on any atom is -0.481 e. The maximum Gasteiger partial charge on any atom is 0.305 e. The normalized spacial score (nSPS) is 15.2. The summed E-state index contributed by atoms with van der Waals surface area (Å²) in [6.07, 6.45) is 1.57. The molecule has 1 unspecified atom stereocenters. The summed E-state index contributed by atoms with van der Waals surface area (Å²) in [6.45, 7) is 0. The van der Waals surface area contributed by atoms with Gasteiger partial charge in [-0.05, 0) is 18.8 Å². The van der Waals surface area contributed by atoms with E-state index in [4.69, 9.17) is 5.11 Å². The highest BCUT2D eigenvalue weighted by Crippen LogP contribution is 2.34. The summed E-state index contributed by atoms with van der Waals surface area (Å²) in [5, 5.41) is 22.4. The second-order valence-electron chi connectivity index (χ2n) is 5.17. The smallest absolute Gasteiger partial charge is 0.305 e. The topological polar surface area (TPSA) is 110 Å². The van der Waals surface area contributed by atoms with Crippen LogP contribution in [0.15, 0.2) is 24.3 Å². The van der Waals surface area contributed by atoms with Gasteiger partial charge in [-0.3, -0.25) is 19.7 Å². The molecule has 7 heteroatoms. The summed E-state index contributed by atoms with van der Waals surface area (Å²) in [5.74, 6) is -1.14. The Kier molecular flexibility index (Phi) is 4.52. The van der Waals surface area contributed by atoms with E-state index in [1.54, 1.807) is 6.07 Å². The molecule has 2 N–H and O–H groups in total.